The number of rotatable bonds is 5. The van der Waals surface area contributed by atoms with E-state index in [-0.39, 0.29) is 6.61 Å². The summed E-state index contributed by atoms with van der Waals surface area (Å²) < 4.78 is 6.02. The summed E-state index contributed by atoms with van der Waals surface area (Å²) in [6, 6.07) is 9.45. The summed E-state index contributed by atoms with van der Waals surface area (Å²) in [7, 11) is 0. The summed E-state index contributed by atoms with van der Waals surface area (Å²) in [5.41, 5.74) is 1.08. The number of aromatic nitrogens is 2. The molecular weight excluding hydrogens is 308 g/mol. The monoisotopic (exact) mass is 318 g/mol. The summed E-state index contributed by atoms with van der Waals surface area (Å²) in [5, 5.41) is 11.5. The molecule has 0 fully saturated rings. The van der Waals surface area contributed by atoms with E-state index in [9.17, 15) is 0 Å². The first kappa shape index (κ1) is 13.3. The highest BCUT2D eigenvalue weighted by Gasteiger charge is 1.98. The van der Waals surface area contributed by atoms with Crippen molar-refractivity contribution < 1.29 is 4.74 Å². The van der Waals surface area contributed by atoms with Gasteiger partial charge in [0.05, 0.1) is 4.47 Å². The van der Waals surface area contributed by atoms with Gasteiger partial charge in [-0.15, -0.1) is 0 Å². The second kappa shape index (κ2) is 6.71. The smallest absolute Gasteiger partial charge is 0.222 e. The number of halogens is 1. The standard InChI is InChI=1S/C13H11BrN4O/c14-11-8-17-13(18-9-11)16-7-10-1-3-12(4-2-10)19-6-5-15/h1-4,8-9H,6-7H2,(H,16,17,18). The third-order valence-corrected chi connectivity index (χ3v) is 2.71. The minimum atomic E-state index is 0.0599. The molecule has 1 heterocycles. The molecule has 1 N–H and O–H groups in total. The zero-order valence-electron chi connectivity index (χ0n) is 10.0. The van der Waals surface area contributed by atoms with E-state index in [0.717, 1.165) is 10.0 Å². The van der Waals surface area contributed by atoms with Gasteiger partial charge >= 0.3 is 0 Å². The summed E-state index contributed by atoms with van der Waals surface area (Å²) in [6.45, 7) is 0.685. The number of nitrogens with zero attached hydrogens (tertiary/aromatic N) is 3. The maximum atomic E-state index is 8.41. The fraction of sp³-hybridized carbons (Fsp3) is 0.154. The number of nitrogens with one attached hydrogen (secondary N) is 1. The summed E-state index contributed by atoms with van der Waals surface area (Å²) in [6.07, 6.45) is 3.38. The molecule has 19 heavy (non-hydrogen) atoms. The van der Waals surface area contributed by atoms with E-state index in [2.05, 4.69) is 31.2 Å². The Morgan fingerprint density at radius 2 is 1.89 bits per heavy atom. The van der Waals surface area contributed by atoms with Gasteiger partial charge in [-0.05, 0) is 33.6 Å². The Bertz CT molecular complexity index is 563. The SMILES string of the molecule is N#CCOc1ccc(CNc2ncc(Br)cn2)cc1. The van der Waals surface area contributed by atoms with Crippen molar-refractivity contribution in [3.8, 4) is 11.8 Å². The molecule has 0 aliphatic heterocycles. The first-order valence-corrected chi connectivity index (χ1v) is 6.37. The van der Waals surface area contributed by atoms with E-state index < -0.39 is 0 Å². The van der Waals surface area contributed by atoms with Crippen LogP contribution < -0.4 is 10.1 Å². The van der Waals surface area contributed by atoms with Crippen molar-refractivity contribution in [2.24, 2.45) is 0 Å². The molecule has 0 unspecified atom stereocenters. The Labute approximate surface area is 119 Å². The number of nitriles is 1. The molecule has 0 aliphatic rings. The van der Waals surface area contributed by atoms with Crippen LogP contribution in [0.15, 0.2) is 41.1 Å². The van der Waals surface area contributed by atoms with E-state index in [4.69, 9.17) is 10.00 Å². The van der Waals surface area contributed by atoms with Gasteiger partial charge in [0.15, 0.2) is 6.61 Å². The van der Waals surface area contributed by atoms with Gasteiger partial charge in [0.1, 0.15) is 11.8 Å². The molecule has 0 aliphatic carbocycles. The van der Waals surface area contributed by atoms with Crippen LogP contribution in [0.25, 0.3) is 0 Å². The number of ether oxygens (including phenoxy) is 1. The average molecular weight is 319 g/mol. The Hall–Kier alpha value is -2.13. The fourth-order valence-corrected chi connectivity index (χ4v) is 1.61. The molecule has 6 heteroatoms. The normalized spacial score (nSPS) is 9.68. The van der Waals surface area contributed by atoms with Gasteiger partial charge in [0.2, 0.25) is 5.95 Å². The quantitative estimate of drug-likeness (QED) is 0.917. The Kier molecular flexibility index (Phi) is 4.70. The topological polar surface area (TPSA) is 70.8 Å². The van der Waals surface area contributed by atoms with E-state index in [1.807, 2.05) is 30.3 Å². The second-order valence-electron chi connectivity index (χ2n) is 3.67. The highest BCUT2D eigenvalue weighted by Crippen LogP contribution is 2.13. The summed E-state index contributed by atoms with van der Waals surface area (Å²) in [5.74, 6) is 1.26. The molecule has 1 aromatic heterocycles. The van der Waals surface area contributed by atoms with Gasteiger partial charge < -0.3 is 10.1 Å². The minimum Gasteiger partial charge on any atom is -0.479 e. The summed E-state index contributed by atoms with van der Waals surface area (Å²) >= 11 is 3.28. The molecule has 0 saturated heterocycles. The van der Waals surface area contributed by atoms with Crippen molar-refractivity contribution in [2.75, 3.05) is 11.9 Å². The van der Waals surface area contributed by atoms with Crippen LogP contribution in [-0.2, 0) is 6.54 Å². The molecule has 0 atom stereocenters. The molecule has 1 aromatic carbocycles. The molecule has 0 amide bonds. The highest BCUT2D eigenvalue weighted by atomic mass is 79.9. The molecule has 0 radical (unpaired) electrons. The molecule has 0 saturated carbocycles. The van der Waals surface area contributed by atoms with Crippen molar-refractivity contribution in [1.82, 2.24) is 9.97 Å². The van der Waals surface area contributed by atoms with Gasteiger partial charge in [-0.25, -0.2) is 9.97 Å². The highest BCUT2D eigenvalue weighted by molar-refractivity contribution is 9.10. The van der Waals surface area contributed by atoms with Crippen molar-refractivity contribution in [3.63, 3.8) is 0 Å². The van der Waals surface area contributed by atoms with Crippen LogP contribution in [0.4, 0.5) is 5.95 Å². The number of hydrogen-bond donors (Lipinski definition) is 1. The molecule has 0 spiro atoms. The van der Waals surface area contributed by atoms with Gasteiger partial charge in [-0.2, -0.15) is 5.26 Å². The lowest BCUT2D eigenvalue weighted by Crippen LogP contribution is -2.03. The average Bonchev–Trinajstić information content (AvgIpc) is 2.46. The maximum Gasteiger partial charge on any atom is 0.222 e. The van der Waals surface area contributed by atoms with Crippen molar-refractivity contribution in [3.05, 3.63) is 46.7 Å². The van der Waals surface area contributed by atoms with Crippen LogP contribution in [-0.4, -0.2) is 16.6 Å². The lowest BCUT2D eigenvalue weighted by molar-refractivity contribution is 0.368. The zero-order valence-corrected chi connectivity index (χ0v) is 11.6. The molecular formula is C13H11BrN4O. The molecule has 5 nitrogen and oxygen atoms in total. The van der Waals surface area contributed by atoms with Crippen LogP contribution in [0.5, 0.6) is 5.75 Å². The van der Waals surface area contributed by atoms with Gasteiger partial charge in [-0.3, -0.25) is 0 Å². The van der Waals surface area contributed by atoms with Gasteiger partial charge in [0, 0.05) is 18.9 Å². The first-order chi connectivity index (χ1) is 9.28. The Morgan fingerprint density at radius 1 is 1.21 bits per heavy atom. The molecule has 2 aromatic rings. The number of benzene rings is 1. The molecule has 2 rings (SSSR count). The maximum absolute atomic E-state index is 8.41. The number of hydrogen-bond acceptors (Lipinski definition) is 5. The second-order valence-corrected chi connectivity index (χ2v) is 4.58. The third kappa shape index (κ3) is 4.23. The minimum absolute atomic E-state index is 0.0599. The van der Waals surface area contributed by atoms with Crippen molar-refractivity contribution in [1.29, 1.82) is 5.26 Å². The van der Waals surface area contributed by atoms with Gasteiger partial charge in [-0.1, -0.05) is 12.1 Å². The lowest BCUT2D eigenvalue weighted by atomic mass is 10.2. The lowest BCUT2D eigenvalue weighted by Gasteiger charge is -2.06. The van der Waals surface area contributed by atoms with Crippen LogP contribution in [0.3, 0.4) is 0 Å². The van der Waals surface area contributed by atoms with E-state index >= 15 is 0 Å². The van der Waals surface area contributed by atoms with Crippen LogP contribution in [0.2, 0.25) is 0 Å². The van der Waals surface area contributed by atoms with E-state index in [1.54, 1.807) is 12.4 Å². The van der Waals surface area contributed by atoms with Crippen molar-refractivity contribution in [2.45, 2.75) is 6.54 Å². The van der Waals surface area contributed by atoms with Crippen molar-refractivity contribution >= 4 is 21.9 Å². The first-order valence-electron chi connectivity index (χ1n) is 5.58. The molecule has 96 valence electrons. The van der Waals surface area contributed by atoms with Crippen LogP contribution in [0.1, 0.15) is 5.56 Å². The van der Waals surface area contributed by atoms with E-state index in [0.29, 0.717) is 18.2 Å². The Morgan fingerprint density at radius 3 is 2.53 bits per heavy atom. The fourth-order valence-electron chi connectivity index (χ4n) is 1.40. The predicted octanol–water partition coefficient (Wildman–Crippen LogP) is 2.75. The third-order valence-electron chi connectivity index (χ3n) is 2.30. The largest absolute Gasteiger partial charge is 0.479 e. The zero-order chi connectivity index (χ0) is 13.5. The van der Waals surface area contributed by atoms with E-state index in [1.165, 1.54) is 0 Å². The molecule has 0 bridgehead atoms. The number of anilines is 1. The van der Waals surface area contributed by atoms with Crippen LogP contribution >= 0.6 is 15.9 Å². The predicted molar refractivity (Wildman–Crippen MR) is 74.6 cm³/mol. The van der Waals surface area contributed by atoms with Crippen LogP contribution in [0, 0.1) is 11.3 Å². The summed E-state index contributed by atoms with van der Waals surface area (Å²) in [4.78, 5) is 8.24. The van der Waals surface area contributed by atoms with Gasteiger partial charge in [0.25, 0.3) is 0 Å². The Balaban J connectivity index is 1.89.